The predicted molar refractivity (Wildman–Crippen MR) is 107 cm³/mol. The summed E-state index contributed by atoms with van der Waals surface area (Å²) in [7, 11) is 0. The van der Waals surface area contributed by atoms with Crippen LogP contribution in [0.5, 0.6) is 5.88 Å². The Hall–Kier alpha value is -2.99. The summed E-state index contributed by atoms with van der Waals surface area (Å²) in [6, 6.07) is 8.16. The van der Waals surface area contributed by atoms with Crippen LogP contribution in [-0.2, 0) is 11.2 Å². The maximum Gasteiger partial charge on any atom is 0.237 e. The van der Waals surface area contributed by atoms with E-state index in [9.17, 15) is 4.79 Å². The van der Waals surface area contributed by atoms with Crippen molar-refractivity contribution in [3.8, 4) is 17.0 Å². The monoisotopic (exact) mass is 375 g/mol. The zero-order chi connectivity index (χ0) is 18.4. The maximum absolute atomic E-state index is 12.5. The number of benzene rings is 1. The highest BCUT2D eigenvalue weighted by Gasteiger charge is 2.26. The summed E-state index contributed by atoms with van der Waals surface area (Å²) in [6.45, 7) is 3.48. The number of ketones is 1. The van der Waals surface area contributed by atoms with Gasteiger partial charge in [-0.1, -0.05) is 12.1 Å². The van der Waals surface area contributed by atoms with Crippen LogP contribution in [-0.4, -0.2) is 28.3 Å². The first kappa shape index (κ1) is 16.2. The first-order chi connectivity index (χ1) is 13.2. The molecule has 1 aliphatic carbocycles. The van der Waals surface area contributed by atoms with Gasteiger partial charge in [0.25, 0.3) is 0 Å². The molecule has 3 heterocycles. The number of pyridine rings is 1. The highest BCUT2D eigenvalue weighted by atomic mass is 32.1. The number of nitrogens with one attached hydrogen (secondary N) is 1. The van der Waals surface area contributed by atoms with Gasteiger partial charge in [-0.15, -0.1) is 0 Å². The second-order valence-electron chi connectivity index (χ2n) is 6.70. The minimum atomic E-state index is 0.158. The van der Waals surface area contributed by atoms with E-state index in [2.05, 4.69) is 39.8 Å². The molecule has 0 saturated heterocycles. The minimum Gasteiger partial charge on any atom is -0.474 e. The molecule has 1 aliphatic heterocycles. The van der Waals surface area contributed by atoms with Gasteiger partial charge in [0.05, 0.1) is 0 Å². The lowest BCUT2D eigenvalue weighted by molar-refractivity contribution is -0.112. The molecule has 2 aromatic heterocycles. The number of ether oxygens (including phenoxy) is 1. The van der Waals surface area contributed by atoms with Gasteiger partial charge in [0, 0.05) is 41.4 Å². The fourth-order valence-electron chi connectivity index (χ4n) is 3.68. The van der Waals surface area contributed by atoms with Crippen LogP contribution in [0.4, 0.5) is 5.69 Å². The van der Waals surface area contributed by atoms with Crippen molar-refractivity contribution in [3.05, 3.63) is 58.2 Å². The Kier molecular flexibility index (Phi) is 3.79. The number of fused-ring (bicyclic) bond motifs is 2. The molecule has 0 fully saturated rings. The highest BCUT2D eigenvalue weighted by Crippen LogP contribution is 2.38. The van der Waals surface area contributed by atoms with Crippen molar-refractivity contribution in [1.82, 2.24) is 9.36 Å². The van der Waals surface area contributed by atoms with Gasteiger partial charge >= 0.3 is 0 Å². The summed E-state index contributed by atoms with van der Waals surface area (Å²) in [5, 5.41) is 3.38. The third-order valence-electron chi connectivity index (χ3n) is 5.05. The van der Waals surface area contributed by atoms with E-state index in [0.717, 1.165) is 50.5 Å². The molecule has 0 bridgehead atoms. The van der Waals surface area contributed by atoms with Crippen LogP contribution in [0.3, 0.4) is 0 Å². The van der Waals surface area contributed by atoms with E-state index in [1.54, 1.807) is 6.20 Å². The molecule has 6 heteroatoms. The van der Waals surface area contributed by atoms with Crippen LogP contribution < -0.4 is 10.1 Å². The number of carbonyl (C=O) groups is 1. The molecule has 5 rings (SSSR count). The van der Waals surface area contributed by atoms with Crippen LogP contribution in [0.2, 0.25) is 0 Å². The zero-order valence-electron chi connectivity index (χ0n) is 14.8. The number of hydrogen-bond acceptors (Lipinski definition) is 6. The number of anilines is 1. The first-order valence-electron chi connectivity index (χ1n) is 8.86. The van der Waals surface area contributed by atoms with Crippen LogP contribution in [0.1, 0.15) is 21.6 Å². The molecule has 3 aromatic rings. The molecule has 5 nitrogen and oxygen atoms in total. The second-order valence-corrected chi connectivity index (χ2v) is 7.56. The average molecular weight is 375 g/mol. The molecule has 1 N–H and O–H groups in total. The molecule has 2 aliphatic rings. The standard InChI is InChI=1S/C21H17N3O2S/c1-12-18(11-23-21-20(12)22-6-7-26-21)13-2-3-14-9-19(25)17(16(14)8-13)10-15-4-5-24-27-15/h2-5,8,10-11,22H,6-7,9H2,1H3/b17-10-. The van der Waals surface area contributed by atoms with Gasteiger partial charge in [-0.05, 0) is 58.9 Å². The molecule has 0 radical (unpaired) electrons. The fraction of sp³-hybridized carbons (Fsp3) is 0.190. The first-order valence-corrected chi connectivity index (χ1v) is 9.63. The van der Waals surface area contributed by atoms with Crippen molar-refractivity contribution in [1.29, 1.82) is 0 Å². The minimum absolute atomic E-state index is 0.158. The topological polar surface area (TPSA) is 64.1 Å². The van der Waals surface area contributed by atoms with E-state index >= 15 is 0 Å². The molecule has 1 aromatic carbocycles. The van der Waals surface area contributed by atoms with Crippen molar-refractivity contribution in [2.24, 2.45) is 0 Å². The van der Waals surface area contributed by atoms with E-state index in [4.69, 9.17) is 4.74 Å². The smallest absolute Gasteiger partial charge is 0.237 e. The molecule has 134 valence electrons. The van der Waals surface area contributed by atoms with E-state index in [0.29, 0.717) is 18.9 Å². The SMILES string of the molecule is Cc1c(-c2ccc3c(c2)/C(=C/c2ccns2)C(=O)C3)cnc2c1NCCO2. The Labute approximate surface area is 160 Å². The number of hydrogen-bond donors (Lipinski definition) is 1. The summed E-state index contributed by atoms with van der Waals surface area (Å²) < 4.78 is 9.75. The van der Waals surface area contributed by atoms with Crippen molar-refractivity contribution < 1.29 is 9.53 Å². The number of Topliss-reactive ketones (excluding diaryl/α,β-unsaturated/α-hetero) is 1. The van der Waals surface area contributed by atoms with Crippen LogP contribution in [0, 0.1) is 6.92 Å². The number of nitrogens with zero attached hydrogens (tertiary/aromatic N) is 2. The van der Waals surface area contributed by atoms with E-state index < -0.39 is 0 Å². The lowest BCUT2D eigenvalue weighted by Crippen LogP contribution is -2.20. The molecule has 27 heavy (non-hydrogen) atoms. The van der Waals surface area contributed by atoms with Crippen LogP contribution in [0.15, 0.2) is 36.7 Å². The van der Waals surface area contributed by atoms with Crippen molar-refractivity contribution >= 4 is 34.7 Å². The van der Waals surface area contributed by atoms with E-state index in [1.165, 1.54) is 11.5 Å². The molecule has 0 amide bonds. The summed E-state index contributed by atoms with van der Waals surface area (Å²) in [6.07, 6.45) is 6.01. The number of rotatable bonds is 2. The predicted octanol–water partition coefficient (Wildman–Crippen LogP) is 3.98. The lowest BCUT2D eigenvalue weighted by atomic mass is 9.96. The van der Waals surface area contributed by atoms with E-state index in [-0.39, 0.29) is 5.78 Å². The van der Waals surface area contributed by atoms with Crippen molar-refractivity contribution in [3.63, 3.8) is 0 Å². The van der Waals surface area contributed by atoms with Crippen molar-refractivity contribution in [2.75, 3.05) is 18.5 Å². The normalized spacial score (nSPS) is 16.6. The summed E-state index contributed by atoms with van der Waals surface area (Å²) in [5.74, 6) is 0.815. The molecule has 0 saturated carbocycles. The summed E-state index contributed by atoms with van der Waals surface area (Å²) >= 11 is 1.39. The van der Waals surface area contributed by atoms with Gasteiger partial charge in [0.2, 0.25) is 5.88 Å². The van der Waals surface area contributed by atoms with Gasteiger partial charge in [-0.25, -0.2) is 9.36 Å². The Balaban J connectivity index is 1.61. The Bertz CT molecular complexity index is 1090. The third kappa shape index (κ3) is 2.73. The number of allylic oxidation sites excluding steroid dienone is 1. The molecule has 0 atom stereocenters. The molecule has 0 spiro atoms. The fourth-order valence-corrected chi connectivity index (χ4v) is 4.22. The molecule has 0 unspecified atom stereocenters. The largest absolute Gasteiger partial charge is 0.474 e. The molecular weight excluding hydrogens is 358 g/mol. The van der Waals surface area contributed by atoms with Crippen LogP contribution >= 0.6 is 11.5 Å². The Morgan fingerprint density at radius 3 is 3.04 bits per heavy atom. The maximum atomic E-state index is 12.5. The quantitative estimate of drug-likeness (QED) is 0.687. The van der Waals surface area contributed by atoms with Gasteiger partial charge in [-0.3, -0.25) is 4.79 Å². The number of aromatic nitrogens is 2. The van der Waals surface area contributed by atoms with Gasteiger partial charge in [0.1, 0.15) is 12.3 Å². The number of carbonyl (C=O) groups excluding carboxylic acids is 1. The van der Waals surface area contributed by atoms with Gasteiger partial charge in [0.15, 0.2) is 5.78 Å². The Morgan fingerprint density at radius 2 is 2.19 bits per heavy atom. The van der Waals surface area contributed by atoms with Gasteiger partial charge in [-0.2, -0.15) is 0 Å². The third-order valence-corrected chi connectivity index (χ3v) is 5.75. The Morgan fingerprint density at radius 1 is 1.26 bits per heavy atom. The van der Waals surface area contributed by atoms with Crippen LogP contribution in [0.25, 0.3) is 22.8 Å². The lowest BCUT2D eigenvalue weighted by Gasteiger charge is -2.21. The average Bonchev–Trinajstić information content (AvgIpc) is 3.31. The highest BCUT2D eigenvalue weighted by molar-refractivity contribution is 7.06. The summed E-state index contributed by atoms with van der Waals surface area (Å²) in [5.41, 5.74) is 7.01. The van der Waals surface area contributed by atoms with Crippen molar-refractivity contribution in [2.45, 2.75) is 13.3 Å². The summed E-state index contributed by atoms with van der Waals surface area (Å²) in [4.78, 5) is 18.0. The molecular formula is C21H17N3O2S. The zero-order valence-corrected chi connectivity index (χ0v) is 15.6. The van der Waals surface area contributed by atoms with Gasteiger partial charge < -0.3 is 10.1 Å². The van der Waals surface area contributed by atoms with E-state index in [1.807, 2.05) is 18.3 Å². The second kappa shape index (κ2) is 6.32.